The smallest absolute Gasteiger partial charge is 0.293 e. The number of hydrogen-bond donors (Lipinski definition) is 1. The molecule has 49 heavy (non-hydrogen) atoms. The molecule has 1 saturated heterocycles. The maximum absolute atomic E-state index is 9.39. The number of piperidine rings is 1. The number of aryl methyl sites for hydroxylation is 1. The quantitative estimate of drug-likeness (QED) is 0.207. The average molecular weight is 720 g/mol. The van der Waals surface area contributed by atoms with Gasteiger partial charge in [0.25, 0.3) is 6.47 Å². The molecule has 0 saturated carbocycles. The van der Waals surface area contributed by atoms with E-state index in [4.69, 9.17) is 43.0 Å². The maximum Gasteiger partial charge on any atom is 0.293 e. The van der Waals surface area contributed by atoms with E-state index in [2.05, 4.69) is 54.4 Å². The minimum atomic E-state index is -0.500. The number of aromatic nitrogens is 2. The monoisotopic (exact) mass is 718 g/mol. The summed E-state index contributed by atoms with van der Waals surface area (Å²) in [4.78, 5) is 23.7. The zero-order valence-electron chi connectivity index (χ0n) is 31.9. The van der Waals surface area contributed by atoms with Crippen LogP contribution in [0.15, 0.2) is 42.7 Å². The molecule has 1 aliphatic rings. The number of anilines is 2. The number of likely N-dealkylation sites (N-methyl/N-ethyl adjacent to an activating group) is 1. The van der Waals surface area contributed by atoms with E-state index >= 15 is 0 Å². The predicted molar refractivity (Wildman–Crippen MR) is 208 cm³/mol. The zero-order chi connectivity index (χ0) is 37.4. The molecule has 0 amide bonds. The van der Waals surface area contributed by atoms with Gasteiger partial charge < -0.3 is 24.4 Å². The zero-order valence-corrected chi connectivity index (χ0v) is 33.4. The molecule has 3 heterocycles. The normalized spacial score (nSPS) is 13.5. The van der Waals surface area contributed by atoms with Crippen LogP contribution in [-0.4, -0.2) is 66.5 Å². The summed E-state index contributed by atoms with van der Waals surface area (Å²) >= 11 is 12.2. The first-order valence-corrected chi connectivity index (χ1v) is 18.0. The number of hydrogen-bond acceptors (Lipinski definition) is 8. The molecule has 0 bridgehead atoms. The van der Waals surface area contributed by atoms with Crippen LogP contribution in [-0.2, 0) is 16.0 Å². The topological polar surface area (TPSA) is 88.0 Å². The summed E-state index contributed by atoms with van der Waals surface area (Å²) in [6.45, 7) is 25.7. The fourth-order valence-corrected chi connectivity index (χ4v) is 5.30. The summed E-state index contributed by atoms with van der Waals surface area (Å²) in [6.07, 6.45) is 7.30. The van der Waals surface area contributed by atoms with Crippen molar-refractivity contribution in [1.82, 2.24) is 9.97 Å². The first-order chi connectivity index (χ1) is 23.0. The number of rotatable bonds is 10. The van der Waals surface area contributed by atoms with Gasteiger partial charge in [-0.3, -0.25) is 14.8 Å². The Balaban J connectivity index is 0.000000791. The van der Waals surface area contributed by atoms with Crippen molar-refractivity contribution in [2.45, 2.75) is 107 Å². The predicted octanol–water partition coefficient (Wildman–Crippen LogP) is 9.83. The summed E-state index contributed by atoms with van der Waals surface area (Å²) in [5.41, 5.74) is 6.75. The number of halogens is 2. The number of nitrogens with zero attached hydrogens (tertiary/aromatic N) is 4. The van der Waals surface area contributed by atoms with E-state index in [0.717, 1.165) is 42.1 Å². The van der Waals surface area contributed by atoms with Gasteiger partial charge in [-0.05, 0) is 102 Å². The van der Waals surface area contributed by atoms with Gasteiger partial charge in [-0.1, -0.05) is 57.8 Å². The lowest BCUT2D eigenvalue weighted by Crippen LogP contribution is -2.38. The third kappa shape index (κ3) is 16.0. The van der Waals surface area contributed by atoms with Crippen molar-refractivity contribution < 1.29 is 19.4 Å². The first-order valence-electron chi connectivity index (χ1n) is 17.3. The highest BCUT2D eigenvalue weighted by atomic mass is 35.5. The SMILES string of the molecule is CC.CC(C)(C)O.CC(C)OC=O.CCc1c(C)ncc(-c2ccc(N(C)CCOc3ccc(Cl)cc3Cl)cn2)c1N1CCC(C)(C)CC1. The minimum Gasteiger partial charge on any atom is -0.490 e. The molecule has 0 aliphatic carbocycles. The van der Waals surface area contributed by atoms with E-state index in [1.165, 1.54) is 24.1 Å². The van der Waals surface area contributed by atoms with E-state index in [9.17, 15) is 4.79 Å². The Kier molecular flexibility index (Phi) is 19.0. The van der Waals surface area contributed by atoms with Gasteiger partial charge in [0.05, 0.1) is 46.5 Å². The van der Waals surface area contributed by atoms with E-state index < -0.39 is 5.60 Å². The van der Waals surface area contributed by atoms with Crippen molar-refractivity contribution in [3.8, 4) is 17.0 Å². The fourth-order valence-electron chi connectivity index (χ4n) is 4.84. The van der Waals surface area contributed by atoms with Crippen molar-refractivity contribution in [3.63, 3.8) is 0 Å². The van der Waals surface area contributed by atoms with Crippen molar-refractivity contribution in [2.75, 3.05) is 43.1 Å². The highest BCUT2D eigenvalue weighted by molar-refractivity contribution is 6.35. The summed E-state index contributed by atoms with van der Waals surface area (Å²) in [5, 5.41) is 9.63. The van der Waals surface area contributed by atoms with Gasteiger partial charge in [0.1, 0.15) is 12.4 Å². The highest BCUT2D eigenvalue weighted by Crippen LogP contribution is 2.39. The van der Waals surface area contributed by atoms with Crippen LogP contribution < -0.4 is 14.5 Å². The summed E-state index contributed by atoms with van der Waals surface area (Å²) in [5.74, 6) is 0.634. The maximum atomic E-state index is 9.39. The van der Waals surface area contributed by atoms with Crippen molar-refractivity contribution >= 4 is 41.0 Å². The molecule has 1 N–H and O–H groups in total. The van der Waals surface area contributed by atoms with Crippen molar-refractivity contribution in [1.29, 1.82) is 0 Å². The van der Waals surface area contributed by atoms with Gasteiger partial charge >= 0.3 is 0 Å². The third-order valence-electron chi connectivity index (χ3n) is 7.52. The summed E-state index contributed by atoms with van der Waals surface area (Å²) in [6, 6.07) is 9.48. The molecule has 4 rings (SSSR count). The molecule has 3 aromatic rings. The van der Waals surface area contributed by atoms with Gasteiger partial charge in [-0.2, -0.15) is 0 Å². The summed E-state index contributed by atoms with van der Waals surface area (Å²) in [7, 11) is 2.03. The molecule has 10 heteroatoms. The van der Waals surface area contributed by atoms with Crippen LogP contribution >= 0.6 is 23.2 Å². The number of carbonyl (C=O) groups excluding carboxylic acids is 1. The van der Waals surface area contributed by atoms with Crippen LogP contribution in [0.25, 0.3) is 11.3 Å². The Morgan fingerprint density at radius 3 is 2.14 bits per heavy atom. The highest BCUT2D eigenvalue weighted by Gasteiger charge is 2.28. The molecule has 8 nitrogen and oxygen atoms in total. The third-order valence-corrected chi connectivity index (χ3v) is 8.05. The molecule has 1 aliphatic heterocycles. The molecule has 0 spiro atoms. The average Bonchev–Trinajstić information content (AvgIpc) is 3.02. The second-order valence-corrected chi connectivity index (χ2v) is 14.6. The Bertz CT molecular complexity index is 1390. The Labute approximate surface area is 306 Å². The molecular weight excluding hydrogens is 659 g/mol. The van der Waals surface area contributed by atoms with E-state index in [0.29, 0.717) is 40.8 Å². The van der Waals surface area contributed by atoms with Gasteiger partial charge in [0.2, 0.25) is 0 Å². The van der Waals surface area contributed by atoms with Gasteiger partial charge in [0, 0.05) is 42.6 Å². The lowest BCUT2D eigenvalue weighted by molar-refractivity contribution is -0.131. The Hall–Kier alpha value is -3.07. The second kappa shape index (κ2) is 21.2. The lowest BCUT2D eigenvalue weighted by atomic mass is 9.82. The molecular formula is C39H60Cl2N4O4. The standard InChI is InChI=1S/C29H36Cl2N4O.C4H8O2.C4H10O.C2H6/c1-6-23-20(2)32-19-24(28(23)35-13-11-29(3,4)12-14-35)26-9-8-22(18-33-26)34(5)15-16-36-27-10-7-21(30)17-25(27)31;1-4(2)6-3-5;1-4(2,3)5;1-2/h7-10,17-19H,6,11-16H2,1-5H3;3-4H,1-2H3;5H,1-3H3;1-2H3. The molecule has 0 radical (unpaired) electrons. The van der Waals surface area contributed by atoms with Crippen LogP contribution in [0.2, 0.25) is 10.0 Å². The van der Waals surface area contributed by atoms with Gasteiger partial charge in [-0.15, -0.1) is 0 Å². The Morgan fingerprint density at radius 1 is 1.06 bits per heavy atom. The second-order valence-electron chi connectivity index (χ2n) is 13.8. The van der Waals surface area contributed by atoms with Crippen LogP contribution in [0, 0.1) is 12.3 Å². The molecule has 0 unspecified atom stereocenters. The Morgan fingerprint density at radius 2 is 1.67 bits per heavy atom. The molecule has 274 valence electrons. The molecule has 2 aromatic heterocycles. The molecule has 1 fully saturated rings. The number of ether oxygens (including phenoxy) is 2. The van der Waals surface area contributed by atoms with Gasteiger partial charge in [-0.25, -0.2) is 0 Å². The molecule has 0 atom stereocenters. The van der Waals surface area contributed by atoms with E-state index in [1.807, 2.05) is 33.3 Å². The van der Waals surface area contributed by atoms with Crippen LogP contribution in [0.1, 0.15) is 93.3 Å². The van der Waals surface area contributed by atoms with Crippen LogP contribution in [0.3, 0.4) is 0 Å². The number of benzene rings is 1. The largest absolute Gasteiger partial charge is 0.490 e. The van der Waals surface area contributed by atoms with Crippen LogP contribution in [0.4, 0.5) is 11.4 Å². The van der Waals surface area contributed by atoms with Gasteiger partial charge in [0.15, 0.2) is 0 Å². The van der Waals surface area contributed by atoms with E-state index in [-0.39, 0.29) is 6.10 Å². The van der Waals surface area contributed by atoms with E-state index in [1.54, 1.807) is 52.8 Å². The number of pyridine rings is 2. The van der Waals surface area contributed by atoms with Crippen molar-refractivity contribution in [3.05, 3.63) is 64.0 Å². The molecule has 1 aromatic carbocycles. The first kappa shape index (κ1) is 44.0. The fraction of sp³-hybridized carbons (Fsp3) is 0.564. The lowest BCUT2D eigenvalue weighted by Gasteiger charge is -2.40. The van der Waals surface area contributed by atoms with Crippen LogP contribution in [0.5, 0.6) is 5.75 Å². The number of aliphatic hydroxyl groups is 1. The van der Waals surface area contributed by atoms with Crippen molar-refractivity contribution in [2.24, 2.45) is 5.41 Å². The number of carbonyl (C=O) groups is 1. The minimum absolute atomic E-state index is 0.0301. The summed E-state index contributed by atoms with van der Waals surface area (Å²) < 4.78 is 10.2.